The molecular formula is C14H18N4O2. The molecule has 0 radical (unpaired) electrons. The van der Waals surface area contributed by atoms with Gasteiger partial charge in [-0.15, -0.1) is 0 Å². The van der Waals surface area contributed by atoms with Crippen LogP contribution in [0.25, 0.3) is 0 Å². The van der Waals surface area contributed by atoms with Crippen LogP contribution >= 0.6 is 0 Å². The van der Waals surface area contributed by atoms with E-state index in [0.717, 1.165) is 5.56 Å². The van der Waals surface area contributed by atoms with Gasteiger partial charge in [0.05, 0.1) is 5.69 Å². The number of aryl methyl sites for hydroxylation is 1. The topological polar surface area (TPSA) is 99.6 Å². The second-order valence-electron chi connectivity index (χ2n) is 5.18. The van der Waals surface area contributed by atoms with Crippen LogP contribution in [0.3, 0.4) is 0 Å². The van der Waals surface area contributed by atoms with Crippen molar-refractivity contribution in [2.75, 3.05) is 12.3 Å². The monoisotopic (exact) mass is 274 g/mol. The number of amides is 1. The van der Waals surface area contributed by atoms with Gasteiger partial charge in [0.15, 0.2) is 0 Å². The van der Waals surface area contributed by atoms with Crippen molar-refractivity contribution in [1.82, 2.24) is 4.90 Å². The molecule has 0 aromatic heterocycles. The Kier molecular flexibility index (Phi) is 3.83. The predicted molar refractivity (Wildman–Crippen MR) is 75.1 cm³/mol. The Morgan fingerprint density at radius 1 is 1.50 bits per heavy atom. The van der Waals surface area contributed by atoms with Gasteiger partial charge in [-0.05, 0) is 31.5 Å². The van der Waals surface area contributed by atoms with Crippen molar-refractivity contribution in [3.63, 3.8) is 0 Å². The smallest absolute Gasteiger partial charge is 0.254 e. The Labute approximate surface area is 117 Å². The summed E-state index contributed by atoms with van der Waals surface area (Å²) in [5.74, 6) is 0.0600. The molecule has 1 amide bonds. The lowest BCUT2D eigenvalue weighted by atomic mass is 9.99. The lowest BCUT2D eigenvalue weighted by molar-refractivity contribution is -0.122. The highest BCUT2D eigenvalue weighted by Gasteiger charge is 2.29. The zero-order valence-electron chi connectivity index (χ0n) is 11.6. The minimum Gasteiger partial charge on any atom is -0.397 e. The van der Waals surface area contributed by atoms with Crippen molar-refractivity contribution in [2.24, 2.45) is 5.11 Å². The molecule has 1 atom stereocenters. The van der Waals surface area contributed by atoms with Gasteiger partial charge < -0.3 is 10.6 Å². The quantitative estimate of drug-likeness (QED) is 0.639. The molecule has 0 spiro atoms. The number of benzene rings is 1. The van der Waals surface area contributed by atoms with Crippen molar-refractivity contribution in [1.29, 1.82) is 5.53 Å². The zero-order chi connectivity index (χ0) is 14.9. The van der Waals surface area contributed by atoms with E-state index in [0.29, 0.717) is 36.3 Å². The van der Waals surface area contributed by atoms with Gasteiger partial charge in [0.2, 0.25) is 0 Å². The Bertz CT molecular complexity index is 583. The van der Waals surface area contributed by atoms with Crippen molar-refractivity contribution < 1.29 is 9.59 Å². The molecule has 0 bridgehead atoms. The summed E-state index contributed by atoms with van der Waals surface area (Å²) in [4.78, 5) is 25.7. The van der Waals surface area contributed by atoms with Gasteiger partial charge in [-0.25, -0.2) is 5.53 Å². The maximum atomic E-state index is 12.6. The maximum Gasteiger partial charge on any atom is 0.254 e. The second kappa shape index (κ2) is 5.40. The first kappa shape index (κ1) is 14.2. The van der Waals surface area contributed by atoms with Crippen LogP contribution in [0, 0.1) is 12.5 Å². The van der Waals surface area contributed by atoms with Crippen LogP contribution in [0.1, 0.15) is 35.7 Å². The summed E-state index contributed by atoms with van der Waals surface area (Å²) in [7, 11) is 0. The summed E-state index contributed by atoms with van der Waals surface area (Å²) in [5, 5.41) is 3.33. The number of nitrogens with two attached hydrogens (primary N) is 1. The third-order valence-corrected chi connectivity index (χ3v) is 3.67. The van der Waals surface area contributed by atoms with E-state index in [2.05, 4.69) is 5.11 Å². The first-order valence-corrected chi connectivity index (χ1v) is 6.54. The molecule has 106 valence electrons. The molecule has 0 aliphatic carbocycles. The van der Waals surface area contributed by atoms with Gasteiger partial charge >= 0.3 is 0 Å². The summed E-state index contributed by atoms with van der Waals surface area (Å²) >= 11 is 0. The van der Waals surface area contributed by atoms with E-state index in [4.69, 9.17) is 11.3 Å². The maximum absolute atomic E-state index is 12.6. The number of carbonyl (C=O) groups is 2. The van der Waals surface area contributed by atoms with E-state index in [-0.39, 0.29) is 17.7 Å². The number of hydrogen-bond acceptors (Lipinski definition) is 5. The summed E-state index contributed by atoms with van der Waals surface area (Å²) in [6, 6.07) is 3.10. The van der Waals surface area contributed by atoms with Crippen LogP contribution in [0.4, 0.5) is 11.4 Å². The van der Waals surface area contributed by atoms with E-state index in [9.17, 15) is 9.59 Å². The molecule has 1 fully saturated rings. The molecule has 2 rings (SSSR count). The number of hydrogen-bond donors (Lipinski definition) is 2. The molecular weight excluding hydrogens is 256 g/mol. The van der Waals surface area contributed by atoms with Gasteiger partial charge in [0.25, 0.3) is 5.91 Å². The molecule has 1 saturated heterocycles. The Hall–Kier alpha value is -2.24. The number of likely N-dealkylation sites (tertiary alicyclic amines) is 1. The summed E-state index contributed by atoms with van der Waals surface area (Å²) < 4.78 is 0. The van der Waals surface area contributed by atoms with Crippen LogP contribution in [-0.4, -0.2) is 29.2 Å². The summed E-state index contributed by atoms with van der Waals surface area (Å²) in [5.41, 5.74) is 14.7. The number of nitrogen functional groups attached to an aromatic ring is 1. The molecule has 1 aliphatic heterocycles. The van der Waals surface area contributed by atoms with Gasteiger partial charge in [-0.1, -0.05) is 0 Å². The van der Waals surface area contributed by atoms with Gasteiger partial charge in [0.1, 0.15) is 11.5 Å². The fourth-order valence-corrected chi connectivity index (χ4v) is 2.51. The number of Topliss-reactive ketones (excluding diaryl/α,β-unsaturated/α-hetero) is 1. The highest BCUT2D eigenvalue weighted by atomic mass is 16.2. The average molecular weight is 274 g/mol. The van der Waals surface area contributed by atoms with E-state index in [1.54, 1.807) is 24.0 Å². The number of nitrogens with zero attached hydrogens (tertiary/aromatic N) is 2. The van der Waals surface area contributed by atoms with Crippen LogP contribution in [-0.2, 0) is 4.79 Å². The van der Waals surface area contributed by atoms with Crippen LogP contribution < -0.4 is 5.73 Å². The van der Waals surface area contributed by atoms with Crippen LogP contribution in [0.5, 0.6) is 0 Å². The molecule has 1 aliphatic rings. The molecule has 1 aromatic rings. The number of ketones is 1. The highest BCUT2D eigenvalue weighted by molar-refractivity contribution is 5.98. The number of piperidine rings is 1. The molecule has 3 N–H and O–H groups in total. The molecule has 0 unspecified atom stereocenters. The Morgan fingerprint density at radius 2 is 2.20 bits per heavy atom. The number of carbonyl (C=O) groups excluding carboxylic acids is 2. The molecule has 20 heavy (non-hydrogen) atoms. The van der Waals surface area contributed by atoms with E-state index in [1.807, 2.05) is 6.92 Å². The minimum absolute atomic E-state index is 0.0999. The number of nitrogens with one attached hydrogen (secondary N) is 1. The third kappa shape index (κ3) is 2.54. The Balaban J connectivity index is 2.33. The third-order valence-electron chi connectivity index (χ3n) is 3.67. The largest absolute Gasteiger partial charge is 0.397 e. The normalized spacial score (nSPS) is 19.0. The average Bonchev–Trinajstić information content (AvgIpc) is 2.38. The Morgan fingerprint density at radius 3 is 2.80 bits per heavy atom. The fraction of sp³-hybridized carbons (Fsp3) is 0.429. The van der Waals surface area contributed by atoms with Crippen molar-refractivity contribution >= 4 is 23.1 Å². The van der Waals surface area contributed by atoms with Crippen LogP contribution in [0.15, 0.2) is 17.2 Å². The van der Waals surface area contributed by atoms with Crippen molar-refractivity contribution in [2.45, 2.75) is 32.7 Å². The van der Waals surface area contributed by atoms with Gasteiger partial charge in [-0.3, -0.25) is 9.59 Å². The van der Waals surface area contributed by atoms with Gasteiger partial charge in [-0.2, -0.15) is 5.11 Å². The van der Waals surface area contributed by atoms with Crippen molar-refractivity contribution in [3.8, 4) is 0 Å². The summed E-state index contributed by atoms with van der Waals surface area (Å²) in [6.45, 7) is 4.12. The van der Waals surface area contributed by atoms with E-state index < -0.39 is 0 Å². The lowest BCUT2D eigenvalue weighted by Gasteiger charge is -2.33. The molecule has 6 nitrogen and oxygen atoms in total. The minimum atomic E-state index is -0.132. The number of anilines is 1. The fourth-order valence-electron chi connectivity index (χ4n) is 2.51. The zero-order valence-corrected chi connectivity index (χ0v) is 11.6. The molecule has 0 saturated carbocycles. The van der Waals surface area contributed by atoms with E-state index in [1.165, 1.54) is 0 Å². The molecule has 1 heterocycles. The summed E-state index contributed by atoms with van der Waals surface area (Å²) in [6.07, 6.45) is 0.801. The lowest BCUT2D eigenvalue weighted by Crippen LogP contribution is -2.45. The molecule has 6 heteroatoms. The van der Waals surface area contributed by atoms with Crippen LogP contribution in [0.2, 0.25) is 0 Å². The standard InChI is InChI=1S/C14H18N4O2/c1-8-5-12(15)13(17-16)7-11(8)14(20)18-4-3-10(19)6-9(18)2/h5,7,9,16H,3-4,6,15H2,1-2H3/t9-/m1/s1. The second-order valence-corrected chi connectivity index (χ2v) is 5.18. The van der Waals surface area contributed by atoms with Gasteiger partial charge in [0, 0.05) is 31.0 Å². The SMILES string of the molecule is Cc1cc(N)c(N=N)cc1C(=O)N1CCC(=O)C[C@H]1C. The van der Waals surface area contributed by atoms with Crippen molar-refractivity contribution in [3.05, 3.63) is 23.3 Å². The highest BCUT2D eigenvalue weighted by Crippen LogP contribution is 2.28. The first-order valence-electron chi connectivity index (χ1n) is 6.54. The number of rotatable bonds is 2. The first-order chi connectivity index (χ1) is 9.43. The van der Waals surface area contributed by atoms with E-state index >= 15 is 0 Å². The predicted octanol–water partition coefficient (Wildman–Crippen LogP) is 2.43. The molecule has 1 aromatic carbocycles.